The number of hydrogen-bond acceptors (Lipinski definition) is 3. The van der Waals surface area contributed by atoms with E-state index in [0.717, 1.165) is 0 Å². The third kappa shape index (κ3) is 2.50. The number of amides is 1. The Kier molecular flexibility index (Phi) is 3.04. The first-order valence-corrected chi connectivity index (χ1v) is 4.03. The Hall–Kier alpha value is -1.10. The van der Waals surface area contributed by atoms with E-state index in [1.807, 2.05) is 0 Å². The van der Waals surface area contributed by atoms with Crippen LogP contribution in [0.5, 0.6) is 0 Å². The number of halogens is 1. The zero-order valence-electron chi connectivity index (χ0n) is 6.21. The van der Waals surface area contributed by atoms with Crippen molar-refractivity contribution in [2.75, 3.05) is 0 Å². The highest BCUT2D eigenvalue weighted by atomic mass is 79.9. The molecule has 4 nitrogen and oxygen atoms in total. The van der Waals surface area contributed by atoms with E-state index in [-0.39, 0.29) is 5.91 Å². The number of nitrogens with zero attached hydrogens (tertiary/aromatic N) is 1. The van der Waals surface area contributed by atoms with Gasteiger partial charge in [0.1, 0.15) is 4.60 Å². The maximum Gasteiger partial charge on any atom is 0.243 e. The summed E-state index contributed by atoms with van der Waals surface area (Å²) in [5.74, 6) is 0.361. The lowest BCUT2D eigenvalue weighted by Gasteiger charge is -1.95. The van der Waals surface area contributed by atoms with Gasteiger partial charge in [-0.25, -0.2) is 0 Å². The largest absolute Gasteiger partial charge is 0.358 e. The lowest BCUT2D eigenvalue weighted by molar-refractivity contribution is -0.116. The number of hydrogen-bond donors (Lipinski definition) is 1. The third-order valence-corrected chi connectivity index (χ3v) is 1.53. The molecule has 5 heteroatoms. The number of rotatable bonds is 3. The molecule has 1 aromatic heterocycles. The van der Waals surface area contributed by atoms with E-state index >= 15 is 0 Å². The Morgan fingerprint density at radius 1 is 1.92 bits per heavy atom. The summed E-state index contributed by atoms with van der Waals surface area (Å²) < 4.78 is 5.43. The van der Waals surface area contributed by atoms with Gasteiger partial charge in [0.05, 0.1) is 6.54 Å². The first-order valence-electron chi connectivity index (χ1n) is 3.23. The van der Waals surface area contributed by atoms with E-state index in [2.05, 4.69) is 33.0 Å². The van der Waals surface area contributed by atoms with Crippen LogP contribution in [0.3, 0.4) is 0 Å². The molecule has 0 saturated heterocycles. The van der Waals surface area contributed by atoms with Gasteiger partial charge in [-0.05, 0) is 22.0 Å². The van der Waals surface area contributed by atoms with Crippen molar-refractivity contribution < 1.29 is 9.32 Å². The van der Waals surface area contributed by atoms with Gasteiger partial charge in [-0.1, -0.05) is 11.7 Å². The summed E-state index contributed by atoms with van der Waals surface area (Å²) in [5, 5.41) is 6.14. The summed E-state index contributed by atoms with van der Waals surface area (Å²) in [6.07, 6.45) is 1.20. The van der Waals surface area contributed by atoms with Gasteiger partial charge in [-0.2, -0.15) is 0 Å². The predicted octanol–water partition coefficient (Wildman–Crippen LogP) is 1.24. The van der Waals surface area contributed by atoms with Gasteiger partial charge >= 0.3 is 0 Å². The van der Waals surface area contributed by atoms with E-state index in [4.69, 9.17) is 4.52 Å². The molecule has 64 valence electrons. The van der Waals surface area contributed by atoms with Crippen molar-refractivity contribution in [1.29, 1.82) is 0 Å². The molecule has 1 heterocycles. The van der Waals surface area contributed by atoms with Crippen molar-refractivity contribution in [3.05, 3.63) is 29.1 Å². The Bertz CT molecular complexity index is 295. The van der Waals surface area contributed by atoms with Crippen molar-refractivity contribution in [3.8, 4) is 0 Å². The highest BCUT2D eigenvalue weighted by Gasteiger charge is 2.01. The van der Waals surface area contributed by atoms with E-state index in [9.17, 15) is 4.79 Å². The topological polar surface area (TPSA) is 55.1 Å². The van der Waals surface area contributed by atoms with E-state index in [0.29, 0.717) is 16.9 Å². The average molecular weight is 231 g/mol. The second kappa shape index (κ2) is 4.06. The van der Waals surface area contributed by atoms with Crippen LogP contribution in [-0.4, -0.2) is 11.1 Å². The van der Waals surface area contributed by atoms with E-state index in [1.165, 1.54) is 6.08 Å². The minimum atomic E-state index is -0.234. The number of nitrogens with one attached hydrogen (secondary N) is 1. The van der Waals surface area contributed by atoms with Crippen molar-refractivity contribution in [2.24, 2.45) is 0 Å². The highest BCUT2D eigenvalue weighted by Crippen LogP contribution is 2.08. The van der Waals surface area contributed by atoms with Gasteiger partial charge in [0, 0.05) is 6.07 Å². The molecule has 0 radical (unpaired) electrons. The molecule has 0 aliphatic heterocycles. The predicted molar refractivity (Wildman–Crippen MR) is 46.2 cm³/mol. The first kappa shape index (κ1) is 8.99. The molecule has 0 aromatic carbocycles. The van der Waals surface area contributed by atoms with Crippen molar-refractivity contribution >= 4 is 21.8 Å². The van der Waals surface area contributed by atoms with Crippen LogP contribution in [0.15, 0.2) is 27.8 Å². The van der Waals surface area contributed by atoms with Gasteiger partial charge < -0.3 is 9.84 Å². The van der Waals surface area contributed by atoms with Gasteiger partial charge in [-0.3, -0.25) is 4.79 Å². The fraction of sp³-hybridized carbons (Fsp3) is 0.143. The Labute approximate surface area is 77.7 Å². The molecule has 0 atom stereocenters. The fourth-order valence-corrected chi connectivity index (χ4v) is 0.945. The van der Waals surface area contributed by atoms with Crippen molar-refractivity contribution in [1.82, 2.24) is 10.5 Å². The molecular formula is C7H7BrN2O2. The molecule has 1 amide bonds. The molecule has 0 saturated carbocycles. The molecule has 0 aliphatic carbocycles. The normalized spacial score (nSPS) is 9.42. The molecule has 0 bridgehead atoms. The Balaban J connectivity index is 2.43. The first-order chi connectivity index (χ1) is 5.72. The van der Waals surface area contributed by atoms with Crippen LogP contribution < -0.4 is 5.32 Å². The summed E-state index contributed by atoms with van der Waals surface area (Å²) in [6.45, 7) is 3.63. The average Bonchev–Trinajstić information content (AvgIpc) is 2.47. The molecule has 1 aromatic rings. The van der Waals surface area contributed by atoms with Crippen LogP contribution in [-0.2, 0) is 11.3 Å². The van der Waals surface area contributed by atoms with Gasteiger partial charge in [0.2, 0.25) is 5.91 Å². The number of carbonyl (C=O) groups excluding carboxylic acids is 1. The molecule has 12 heavy (non-hydrogen) atoms. The van der Waals surface area contributed by atoms with Crippen LogP contribution in [0.2, 0.25) is 0 Å². The smallest absolute Gasteiger partial charge is 0.243 e. The second-order valence-corrected chi connectivity index (χ2v) is 2.85. The zero-order valence-corrected chi connectivity index (χ0v) is 7.80. The third-order valence-electron chi connectivity index (χ3n) is 1.15. The van der Waals surface area contributed by atoms with Crippen LogP contribution >= 0.6 is 15.9 Å². The maximum absolute atomic E-state index is 10.7. The standard InChI is InChI=1S/C7H7BrN2O2/c1-2-7(11)9-4-5-3-6(8)10-12-5/h2-3H,1,4H2,(H,9,11). The summed E-state index contributed by atoms with van der Waals surface area (Å²) in [6, 6.07) is 1.68. The lowest BCUT2D eigenvalue weighted by Crippen LogP contribution is -2.19. The SMILES string of the molecule is C=CC(=O)NCc1cc(Br)no1. The van der Waals surface area contributed by atoms with Gasteiger partial charge in [-0.15, -0.1) is 0 Å². The Morgan fingerprint density at radius 2 is 2.67 bits per heavy atom. The van der Waals surface area contributed by atoms with Crippen LogP contribution in [0.1, 0.15) is 5.76 Å². The Morgan fingerprint density at radius 3 is 3.17 bits per heavy atom. The van der Waals surface area contributed by atoms with E-state index in [1.54, 1.807) is 6.07 Å². The molecule has 0 aliphatic rings. The van der Waals surface area contributed by atoms with Gasteiger partial charge in [0.15, 0.2) is 5.76 Å². The summed E-state index contributed by atoms with van der Waals surface area (Å²) in [5.41, 5.74) is 0. The van der Waals surface area contributed by atoms with Crippen LogP contribution in [0.25, 0.3) is 0 Å². The second-order valence-electron chi connectivity index (χ2n) is 2.04. The monoisotopic (exact) mass is 230 g/mol. The fourth-order valence-electron chi connectivity index (χ4n) is 0.617. The summed E-state index contributed by atoms with van der Waals surface area (Å²) in [4.78, 5) is 10.7. The quantitative estimate of drug-likeness (QED) is 0.796. The molecular weight excluding hydrogens is 224 g/mol. The maximum atomic E-state index is 10.7. The highest BCUT2D eigenvalue weighted by molar-refractivity contribution is 9.10. The minimum Gasteiger partial charge on any atom is -0.358 e. The van der Waals surface area contributed by atoms with E-state index < -0.39 is 0 Å². The molecule has 0 fully saturated rings. The number of carbonyl (C=O) groups is 1. The minimum absolute atomic E-state index is 0.234. The molecule has 1 N–H and O–H groups in total. The zero-order chi connectivity index (χ0) is 8.97. The molecule has 0 unspecified atom stereocenters. The molecule has 0 spiro atoms. The van der Waals surface area contributed by atoms with Crippen molar-refractivity contribution in [3.63, 3.8) is 0 Å². The van der Waals surface area contributed by atoms with Crippen LogP contribution in [0, 0.1) is 0 Å². The number of aromatic nitrogens is 1. The van der Waals surface area contributed by atoms with Crippen LogP contribution in [0.4, 0.5) is 0 Å². The summed E-state index contributed by atoms with van der Waals surface area (Å²) in [7, 11) is 0. The molecule has 1 rings (SSSR count). The van der Waals surface area contributed by atoms with Crippen molar-refractivity contribution in [2.45, 2.75) is 6.54 Å². The summed E-state index contributed by atoms with van der Waals surface area (Å²) >= 11 is 3.12. The van der Waals surface area contributed by atoms with Gasteiger partial charge in [0.25, 0.3) is 0 Å². The lowest BCUT2D eigenvalue weighted by atomic mass is 10.4.